The number of ether oxygens (including phenoxy) is 1. The van der Waals surface area contributed by atoms with Gasteiger partial charge in [-0.2, -0.15) is 5.10 Å². The van der Waals surface area contributed by atoms with Gasteiger partial charge in [-0.1, -0.05) is 5.21 Å². The third-order valence-corrected chi connectivity index (χ3v) is 4.94. The molecule has 1 amide bonds. The first-order valence-corrected chi connectivity index (χ1v) is 8.47. The molecule has 0 radical (unpaired) electrons. The van der Waals surface area contributed by atoms with E-state index >= 15 is 0 Å². The number of nitrogens with zero attached hydrogens (tertiary/aromatic N) is 4. The average Bonchev–Trinajstić information content (AvgIpc) is 3.13. The van der Waals surface area contributed by atoms with Crippen molar-refractivity contribution in [2.75, 3.05) is 0 Å². The minimum Gasteiger partial charge on any atom is -0.369 e. The van der Waals surface area contributed by atoms with Gasteiger partial charge in [0.15, 0.2) is 5.69 Å². The third kappa shape index (κ3) is 2.82. The van der Waals surface area contributed by atoms with Gasteiger partial charge in [-0.05, 0) is 32.6 Å². The fourth-order valence-electron chi connectivity index (χ4n) is 3.71. The maximum atomic E-state index is 12.6. The number of H-pyrrole nitrogens is 1. The van der Waals surface area contributed by atoms with Gasteiger partial charge in [-0.15, -0.1) is 5.10 Å². The maximum absolute atomic E-state index is 12.6. The molecule has 3 heterocycles. The molecule has 128 valence electrons. The molecule has 4 rings (SSSR count). The third-order valence-electron chi connectivity index (χ3n) is 4.94. The van der Waals surface area contributed by atoms with Gasteiger partial charge in [0.2, 0.25) is 0 Å². The van der Waals surface area contributed by atoms with E-state index in [-0.39, 0.29) is 24.2 Å². The highest BCUT2D eigenvalue weighted by molar-refractivity contribution is 5.94. The molecule has 1 saturated carbocycles. The average molecular weight is 330 g/mol. The number of nitrogens with one attached hydrogen (secondary N) is 2. The molecule has 1 aliphatic carbocycles. The number of rotatable bonds is 4. The molecule has 2 atom stereocenters. The molecule has 8 nitrogen and oxygen atoms in total. The molecular formula is C16H22N6O2. The SMILES string of the molecule is C[C@@H]1Cc2c(C(=O)NC3CC(Cn4ccnn4)C3)n[nH]c2[C@H](C)O1. The van der Waals surface area contributed by atoms with E-state index < -0.39 is 0 Å². The summed E-state index contributed by atoms with van der Waals surface area (Å²) >= 11 is 0. The van der Waals surface area contributed by atoms with E-state index in [1.807, 2.05) is 24.7 Å². The number of amides is 1. The van der Waals surface area contributed by atoms with E-state index in [1.165, 1.54) is 0 Å². The Balaban J connectivity index is 1.35. The van der Waals surface area contributed by atoms with E-state index in [4.69, 9.17) is 4.74 Å². The zero-order chi connectivity index (χ0) is 16.7. The first kappa shape index (κ1) is 15.3. The summed E-state index contributed by atoms with van der Waals surface area (Å²) in [5.74, 6) is 0.455. The van der Waals surface area contributed by atoms with Crippen molar-refractivity contribution in [1.82, 2.24) is 30.5 Å². The van der Waals surface area contributed by atoms with Crippen LogP contribution in [-0.4, -0.2) is 43.2 Å². The lowest BCUT2D eigenvalue weighted by Gasteiger charge is -2.35. The summed E-state index contributed by atoms with van der Waals surface area (Å²) in [5, 5.41) is 18.1. The summed E-state index contributed by atoms with van der Waals surface area (Å²) in [6.07, 6.45) is 6.26. The Kier molecular flexibility index (Phi) is 3.84. The first-order chi connectivity index (χ1) is 11.6. The molecule has 24 heavy (non-hydrogen) atoms. The highest BCUT2D eigenvalue weighted by Crippen LogP contribution is 2.31. The van der Waals surface area contributed by atoms with E-state index in [9.17, 15) is 4.79 Å². The van der Waals surface area contributed by atoms with Crippen LogP contribution in [0.15, 0.2) is 12.4 Å². The molecule has 8 heteroatoms. The Morgan fingerprint density at radius 3 is 3.04 bits per heavy atom. The number of aromatic amines is 1. The van der Waals surface area contributed by atoms with Gasteiger partial charge in [-0.3, -0.25) is 14.6 Å². The van der Waals surface area contributed by atoms with Crippen molar-refractivity contribution >= 4 is 5.91 Å². The molecule has 0 saturated heterocycles. The van der Waals surface area contributed by atoms with Crippen molar-refractivity contribution in [3.8, 4) is 0 Å². The van der Waals surface area contributed by atoms with Crippen molar-refractivity contribution < 1.29 is 9.53 Å². The van der Waals surface area contributed by atoms with Gasteiger partial charge in [0, 0.05) is 30.8 Å². The highest BCUT2D eigenvalue weighted by Gasteiger charge is 2.34. The molecule has 2 aromatic rings. The Hall–Kier alpha value is -2.22. The second-order valence-corrected chi connectivity index (χ2v) is 6.89. The fraction of sp³-hybridized carbons (Fsp3) is 0.625. The van der Waals surface area contributed by atoms with Crippen molar-refractivity contribution in [2.24, 2.45) is 5.92 Å². The Morgan fingerprint density at radius 1 is 1.46 bits per heavy atom. The topological polar surface area (TPSA) is 97.7 Å². The number of carbonyl (C=O) groups excluding carboxylic acids is 1. The van der Waals surface area contributed by atoms with Gasteiger partial charge in [0.25, 0.3) is 5.91 Å². The monoisotopic (exact) mass is 330 g/mol. The standard InChI is InChI=1S/C16H22N6O2/c1-9-5-13-14(10(2)24-9)19-20-15(13)16(23)18-12-6-11(7-12)8-22-4-3-17-21-22/h3-4,9-12H,5-8H2,1-2H3,(H,18,23)(H,19,20)/t9-,10+,11?,12?/m1/s1. The Bertz CT molecular complexity index is 719. The normalized spacial score (nSPS) is 28.9. The van der Waals surface area contributed by atoms with E-state index in [2.05, 4.69) is 25.8 Å². The molecule has 0 bridgehead atoms. The summed E-state index contributed by atoms with van der Waals surface area (Å²) in [4.78, 5) is 12.6. The quantitative estimate of drug-likeness (QED) is 0.879. The molecule has 0 unspecified atom stereocenters. The summed E-state index contributed by atoms with van der Waals surface area (Å²) in [5.41, 5.74) is 2.44. The van der Waals surface area contributed by atoms with Crippen LogP contribution in [0.25, 0.3) is 0 Å². The van der Waals surface area contributed by atoms with Crippen molar-refractivity contribution in [2.45, 2.75) is 57.9 Å². The lowest BCUT2D eigenvalue weighted by Crippen LogP contribution is -2.45. The molecule has 0 aromatic carbocycles. The zero-order valence-corrected chi connectivity index (χ0v) is 13.9. The first-order valence-electron chi connectivity index (χ1n) is 8.47. The van der Waals surface area contributed by atoms with E-state index in [1.54, 1.807) is 6.20 Å². The molecular weight excluding hydrogens is 308 g/mol. The van der Waals surface area contributed by atoms with Gasteiger partial charge >= 0.3 is 0 Å². The van der Waals surface area contributed by atoms with Crippen LogP contribution in [0, 0.1) is 5.92 Å². The number of aromatic nitrogens is 5. The van der Waals surface area contributed by atoms with E-state index in [0.29, 0.717) is 11.6 Å². The van der Waals surface area contributed by atoms with Crippen molar-refractivity contribution in [3.05, 3.63) is 29.3 Å². The largest absolute Gasteiger partial charge is 0.369 e. The predicted octanol–water partition coefficient (Wildman–Crippen LogP) is 1.23. The van der Waals surface area contributed by atoms with Crippen LogP contribution in [0.4, 0.5) is 0 Å². The van der Waals surface area contributed by atoms with Crippen LogP contribution >= 0.6 is 0 Å². The lowest BCUT2D eigenvalue weighted by molar-refractivity contribution is -0.00698. The predicted molar refractivity (Wildman–Crippen MR) is 85.3 cm³/mol. The van der Waals surface area contributed by atoms with Crippen LogP contribution in [0.5, 0.6) is 0 Å². The molecule has 1 aliphatic heterocycles. The summed E-state index contributed by atoms with van der Waals surface area (Å²) in [7, 11) is 0. The highest BCUT2D eigenvalue weighted by atomic mass is 16.5. The maximum Gasteiger partial charge on any atom is 0.272 e. The van der Waals surface area contributed by atoms with Crippen LogP contribution in [0.1, 0.15) is 54.5 Å². The second kappa shape index (κ2) is 6.01. The Labute approximate surface area is 140 Å². The summed E-state index contributed by atoms with van der Waals surface area (Å²) in [6, 6.07) is 0.216. The van der Waals surface area contributed by atoms with Crippen LogP contribution < -0.4 is 5.32 Å². The van der Waals surface area contributed by atoms with Crippen molar-refractivity contribution in [3.63, 3.8) is 0 Å². The number of hydrogen-bond acceptors (Lipinski definition) is 5. The van der Waals surface area contributed by atoms with Gasteiger partial charge < -0.3 is 10.1 Å². The van der Waals surface area contributed by atoms with E-state index in [0.717, 1.165) is 37.1 Å². The van der Waals surface area contributed by atoms with Gasteiger partial charge in [0.05, 0.1) is 24.1 Å². The van der Waals surface area contributed by atoms with Crippen molar-refractivity contribution in [1.29, 1.82) is 0 Å². The number of hydrogen-bond donors (Lipinski definition) is 2. The summed E-state index contributed by atoms with van der Waals surface area (Å²) in [6.45, 7) is 4.86. The van der Waals surface area contributed by atoms with Crippen LogP contribution in [0.3, 0.4) is 0 Å². The molecule has 2 N–H and O–H groups in total. The van der Waals surface area contributed by atoms with Crippen LogP contribution in [0.2, 0.25) is 0 Å². The van der Waals surface area contributed by atoms with Crippen LogP contribution in [-0.2, 0) is 17.7 Å². The molecule has 2 aromatic heterocycles. The minimum atomic E-state index is -0.0852. The fourth-order valence-corrected chi connectivity index (χ4v) is 3.71. The summed E-state index contributed by atoms with van der Waals surface area (Å²) < 4.78 is 7.61. The zero-order valence-electron chi connectivity index (χ0n) is 13.9. The molecule has 1 fully saturated rings. The number of carbonyl (C=O) groups is 1. The minimum absolute atomic E-state index is 0.0476. The van der Waals surface area contributed by atoms with Gasteiger partial charge in [0.1, 0.15) is 0 Å². The lowest BCUT2D eigenvalue weighted by atomic mass is 9.80. The number of fused-ring (bicyclic) bond motifs is 1. The van der Waals surface area contributed by atoms with Gasteiger partial charge in [-0.25, -0.2) is 0 Å². The molecule has 2 aliphatic rings. The smallest absolute Gasteiger partial charge is 0.272 e. The second-order valence-electron chi connectivity index (χ2n) is 6.89. The Morgan fingerprint density at radius 2 is 2.29 bits per heavy atom. The molecule has 0 spiro atoms.